The summed E-state index contributed by atoms with van der Waals surface area (Å²) < 4.78 is 17.4. The first-order chi connectivity index (χ1) is 14.4. The molecule has 1 aromatic heterocycles. The zero-order valence-electron chi connectivity index (χ0n) is 17.2. The Balaban J connectivity index is 1.50. The number of methoxy groups -OCH3 is 1. The van der Waals surface area contributed by atoms with Crippen molar-refractivity contribution in [2.75, 3.05) is 7.11 Å². The molecule has 1 N–H and O–H groups in total. The molecule has 5 rings (SSSR count). The Hall–Kier alpha value is -3.47. The molecule has 1 aliphatic heterocycles. The summed E-state index contributed by atoms with van der Waals surface area (Å²) in [5.41, 5.74) is 1.21. The highest BCUT2D eigenvalue weighted by atomic mass is 16.5. The second-order valence-corrected chi connectivity index (χ2v) is 8.30. The molecule has 0 spiro atoms. The normalized spacial score (nSPS) is 17.4. The lowest BCUT2D eigenvalue weighted by atomic mass is 9.89. The minimum atomic E-state index is -0.399. The minimum absolute atomic E-state index is 0.212. The van der Waals surface area contributed by atoms with Gasteiger partial charge in [0.15, 0.2) is 5.76 Å². The summed E-state index contributed by atoms with van der Waals surface area (Å²) >= 11 is 0. The van der Waals surface area contributed by atoms with Crippen LogP contribution in [0.3, 0.4) is 0 Å². The number of carbonyl (C=O) groups is 1. The molecule has 1 amide bonds. The van der Waals surface area contributed by atoms with E-state index in [4.69, 9.17) is 13.9 Å². The molecule has 3 aromatic carbocycles. The van der Waals surface area contributed by atoms with E-state index in [-0.39, 0.29) is 11.9 Å². The van der Waals surface area contributed by atoms with E-state index in [2.05, 4.69) is 11.4 Å². The van der Waals surface area contributed by atoms with E-state index in [0.717, 1.165) is 33.2 Å². The zero-order valence-corrected chi connectivity index (χ0v) is 17.2. The number of furan rings is 1. The van der Waals surface area contributed by atoms with Gasteiger partial charge >= 0.3 is 0 Å². The third-order valence-electron chi connectivity index (χ3n) is 5.63. The quantitative estimate of drug-likeness (QED) is 0.483. The minimum Gasteiger partial charge on any atom is -0.497 e. The molecule has 2 heterocycles. The molecule has 0 fully saturated rings. The van der Waals surface area contributed by atoms with E-state index in [0.29, 0.717) is 17.8 Å². The predicted molar refractivity (Wildman–Crippen MR) is 116 cm³/mol. The summed E-state index contributed by atoms with van der Waals surface area (Å²) in [4.78, 5) is 13.1. The molecule has 1 atom stereocenters. The van der Waals surface area contributed by atoms with E-state index in [9.17, 15) is 4.79 Å². The largest absolute Gasteiger partial charge is 0.497 e. The fourth-order valence-corrected chi connectivity index (χ4v) is 4.22. The Kier molecular flexibility index (Phi) is 4.21. The van der Waals surface area contributed by atoms with Crippen LogP contribution in [-0.4, -0.2) is 18.6 Å². The average molecular weight is 401 g/mol. The van der Waals surface area contributed by atoms with Crippen LogP contribution < -0.4 is 14.8 Å². The molecule has 5 nitrogen and oxygen atoms in total. The number of carbonyl (C=O) groups excluding carboxylic acids is 1. The molecule has 30 heavy (non-hydrogen) atoms. The number of fused-ring (bicyclic) bond motifs is 4. The number of benzene rings is 3. The number of rotatable bonds is 3. The molecule has 0 radical (unpaired) electrons. The highest BCUT2D eigenvalue weighted by Gasteiger charge is 2.35. The molecule has 0 saturated carbocycles. The Morgan fingerprint density at radius 2 is 1.90 bits per heavy atom. The van der Waals surface area contributed by atoms with Crippen molar-refractivity contribution in [1.82, 2.24) is 5.32 Å². The standard InChI is InChI=1S/C25H23NO4/c1-25(2)14-20(19-12-16(28-3)9-11-22(19)30-25)26-24(27)23-13-18-17-7-5-4-6-15(17)8-10-21(18)29-23/h4-13,20H,14H2,1-3H3,(H,26,27)/t20-/m1/s1. The first kappa shape index (κ1) is 18.6. The first-order valence-electron chi connectivity index (χ1n) is 10.0. The van der Waals surface area contributed by atoms with Crippen LogP contribution in [0.4, 0.5) is 0 Å². The van der Waals surface area contributed by atoms with Gasteiger partial charge in [-0.3, -0.25) is 4.79 Å². The second-order valence-electron chi connectivity index (χ2n) is 8.30. The van der Waals surface area contributed by atoms with Gasteiger partial charge in [-0.1, -0.05) is 30.3 Å². The van der Waals surface area contributed by atoms with Crippen molar-refractivity contribution in [3.05, 3.63) is 72.0 Å². The van der Waals surface area contributed by atoms with Gasteiger partial charge in [-0.15, -0.1) is 0 Å². The lowest BCUT2D eigenvalue weighted by Gasteiger charge is -2.37. The molecular weight excluding hydrogens is 378 g/mol. The number of amides is 1. The molecular formula is C25H23NO4. The van der Waals surface area contributed by atoms with Crippen molar-refractivity contribution in [3.63, 3.8) is 0 Å². The predicted octanol–water partition coefficient (Wildman–Crippen LogP) is 5.63. The first-order valence-corrected chi connectivity index (χ1v) is 10.0. The zero-order chi connectivity index (χ0) is 20.9. The fourth-order valence-electron chi connectivity index (χ4n) is 4.22. The van der Waals surface area contributed by atoms with Crippen LogP contribution in [0.25, 0.3) is 21.7 Å². The molecule has 1 aliphatic rings. The molecule has 0 bridgehead atoms. The highest BCUT2D eigenvalue weighted by Crippen LogP contribution is 2.41. The van der Waals surface area contributed by atoms with E-state index in [1.54, 1.807) is 7.11 Å². The summed E-state index contributed by atoms with van der Waals surface area (Å²) in [5, 5.41) is 6.26. The van der Waals surface area contributed by atoms with Crippen molar-refractivity contribution in [1.29, 1.82) is 0 Å². The lowest BCUT2D eigenvalue weighted by molar-refractivity contribution is 0.0610. The van der Waals surface area contributed by atoms with Crippen LogP contribution in [0, 0.1) is 0 Å². The highest BCUT2D eigenvalue weighted by molar-refractivity contribution is 6.08. The number of hydrogen-bond acceptors (Lipinski definition) is 4. The number of ether oxygens (including phenoxy) is 2. The van der Waals surface area contributed by atoms with Gasteiger partial charge in [0.05, 0.1) is 13.2 Å². The summed E-state index contributed by atoms with van der Waals surface area (Å²) in [6.45, 7) is 4.04. The molecule has 4 aromatic rings. The van der Waals surface area contributed by atoms with Crippen LogP contribution in [0.15, 0.2) is 65.1 Å². The Labute approximate surface area is 174 Å². The van der Waals surface area contributed by atoms with E-state index >= 15 is 0 Å². The summed E-state index contributed by atoms with van der Waals surface area (Å²) in [5.74, 6) is 1.54. The third-order valence-corrected chi connectivity index (χ3v) is 5.63. The van der Waals surface area contributed by atoms with E-state index < -0.39 is 5.60 Å². The van der Waals surface area contributed by atoms with Gasteiger partial charge in [-0.05, 0) is 55.0 Å². The van der Waals surface area contributed by atoms with Crippen molar-refractivity contribution < 1.29 is 18.7 Å². The second kappa shape index (κ2) is 6.80. The van der Waals surface area contributed by atoms with E-state index in [1.165, 1.54) is 0 Å². The third kappa shape index (κ3) is 3.16. The van der Waals surface area contributed by atoms with Crippen LogP contribution in [0.2, 0.25) is 0 Å². The SMILES string of the molecule is COc1ccc2c(c1)[C@H](NC(=O)c1cc3c(ccc4ccccc43)o1)CC(C)(C)O2. The lowest BCUT2D eigenvalue weighted by Crippen LogP contribution is -2.41. The molecule has 5 heteroatoms. The Bertz CT molecular complexity index is 1270. The van der Waals surface area contributed by atoms with Crippen LogP contribution in [-0.2, 0) is 0 Å². The summed E-state index contributed by atoms with van der Waals surface area (Å²) in [6, 6.07) is 19.3. The number of nitrogens with one attached hydrogen (secondary N) is 1. The number of hydrogen-bond donors (Lipinski definition) is 1. The van der Waals surface area contributed by atoms with Crippen molar-refractivity contribution in [3.8, 4) is 11.5 Å². The monoisotopic (exact) mass is 401 g/mol. The van der Waals surface area contributed by atoms with Crippen LogP contribution in [0.5, 0.6) is 11.5 Å². The molecule has 0 saturated heterocycles. The summed E-state index contributed by atoms with van der Waals surface area (Å²) in [6.07, 6.45) is 0.641. The van der Waals surface area contributed by atoms with Gasteiger partial charge in [0.1, 0.15) is 22.7 Å². The maximum atomic E-state index is 13.1. The topological polar surface area (TPSA) is 60.7 Å². The maximum absolute atomic E-state index is 13.1. The van der Waals surface area contributed by atoms with Gasteiger partial charge in [0.25, 0.3) is 5.91 Å². The van der Waals surface area contributed by atoms with Gasteiger partial charge < -0.3 is 19.2 Å². The van der Waals surface area contributed by atoms with Crippen molar-refractivity contribution in [2.24, 2.45) is 0 Å². The van der Waals surface area contributed by atoms with E-state index in [1.807, 2.05) is 68.4 Å². The fraction of sp³-hybridized carbons (Fsp3) is 0.240. The van der Waals surface area contributed by atoms with Gasteiger partial charge in [0, 0.05) is 17.4 Å². The maximum Gasteiger partial charge on any atom is 0.287 e. The van der Waals surface area contributed by atoms with Crippen LogP contribution in [0.1, 0.15) is 42.4 Å². The van der Waals surface area contributed by atoms with Gasteiger partial charge in [0.2, 0.25) is 0 Å². The summed E-state index contributed by atoms with van der Waals surface area (Å²) in [7, 11) is 1.63. The van der Waals surface area contributed by atoms with Crippen molar-refractivity contribution >= 4 is 27.6 Å². The average Bonchev–Trinajstić information content (AvgIpc) is 3.18. The molecule has 0 aliphatic carbocycles. The van der Waals surface area contributed by atoms with Crippen molar-refractivity contribution in [2.45, 2.75) is 31.9 Å². The smallest absolute Gasteiger partial charge is 0.287 e. The van der Waals surface area contributed by atoms with Gasteiger partial charge in [-0.2, -0.15) is 0 Å². The van der Waals surface area contributed by atoms with Gasteiger partial charge in [-0.25, -0.2) is 0 Å². The Morgan fingerprint density at radius 1 is 1.07 bits per heavy atom. The van der Waals surface area contributed by atoms with Crippen LogP contribution >= 0.6 is 0 Å². The molecule has 152 valence electrons. The molecule has 0 unspecified atom stereocenters. The Morgan fingerprint density at radius 3 is 2.73 bits per heavy atom.